The number of halogens is 1. The van der Waals surface area contributed by atoms with Crippen LogP contribution in [-0.2, 0) is 16.1 Å². The molecule has 1 unspecified atom stereocenters. The van der Waals surface area contributed by atoms with Crippen molar-refractivity contribution in [1.82, 2.24) is 15.1 Å². The summed E-state index contributed by atoms with van der Waals surface area (Å²) in [5.41, 5.74) is 1.05. The van der Waals surface area contributed by atoms with Crippen LogP contribution in [0.15, 0.2) is 54.6 Å². The summed E-state index contributed by atoms with van der Waals surface area (Å²) in [7, 11) is 0. The summed E-state index contributed by atoms with van der Waals surface area (Å²) in [4.78, 5) is 29.4. The van der Waals surface area contributed by atoms with E-state index < -0.39 is 5.66 Å². The molecule has 30 heavy (non-hydrogen) atoms. The summed E-state index contributed by atoms with van der Waals surface area (Å²) < 4.78 is 14.2. The molecule has 0 saturated carbocycles. The van der Waals surface area contributed by atoms with Gasteiger partial charge in [-0.2, -0.15) is 0 Å². The minimum Gasteiger partial charge on any atom is -0.342 e. The lowest BCUT2D eigenvalue weighted by Gasteiger charge is -2.45. The third kappa shape index (κ3) is 3.84. The molecule has 5 nitrogen and oxygen atoms in total. The summed E-state index contributed by atoms with van der Waals surface area (Å²) in [6.07, 6.45) is 2.04. The Morgan fingerprint density at radius 2 is 1.77 bits per heavy atom. The highest BCUT2D eigenvalue weighted by Crippen LogP contribution is 2.33. The van der Waals surface area contributed by atoms with Gasteiger partial charge in [-0.3, -0.25) is 14.9 Å². The number of rotatable bonds is 5. The summed E-state index contributed by atoms with van der Waals surface area (Å²) in [5.74, 6) is -0.321. The Morgan fingerprint density at radius 3 is 2.43 bits per heavy atom. The number of hydrogen-bond acceptors (Lipinski definition) is 3. The first-order valence-corrected chi connectivity index (χ1v) is 10.7. The fourth-order valence-corrected chi connectivity index (χ4v) is 4.71. The van der Waals surface area contributed by atoms with Crippen molar-refractivity contribution < 1.29 is 14.0 Å². The Morgan fingerprint density at radius 1 is 1.10 bits per heavy atom. The van der Waals surface area contributed by atoms with Gasteiger partial charge >= 0.3 is 0 Å². The molecule has 2 aliphatic rings. The molecule has 4 rings (SSSR count). The minimum atomic E-state index is -0.509. The van der Waals surface area contributed by atoms with E-state index in [9.17, 15) is 14.0 Å². The third-order valence-electron chi connectivity index (χ3n) is 6.48. The Hall–Kier alpha value is -2.73. The second kappa shape index (κ2) is 8.56. The molecule has 6 heteroatoms. The highest BCUT2D eigenvalue weighted by atomic mass is 19.1. The van der Waals surface area contributed by atoms with Crippen molar-refractivity contribution >= 4 is 11.8 Å². The monoisotopic (exact) mass is 409 g/mol. The summed E-state index contributed by atoms with van der Waals surface area (Å²) >= 11 is 0. The largest absolute Gasteiger partial charge is 0.342 e. The first-order chi connectivity index (χ1) is 14.5. The summed E-state index contributed by atoms with van der Waals surface area (Å²) in [6, 6.07) is 16.5. The SMILES string of the molecule is CCC(C(=O)N1CCC2(CC1)NCC(=O)N2Cc1ccccc1F)c1ccccc1. The van der Waals surface area contributed by atoms with Crippen LogP contribution in [-0.4, -0.2) is 46.9 Å². The fraction of sp³-hybridized carbons (Fsp3) is 0.417. The van der Waals surface area contributed by atoms with Crippen LogP contribution in [0.4, 0.5) is 4.39 Å². The Bertz CT molecular complexity index is 910. The molecule has 2 saturated heterocycles. The van der Waals surface area contributed by atoms with E-state index in [1.165, 1.54) is 6.07 Å². The predicted molar refractivity (Wildman–Crippen MR) is 113 cm³/mol. The lowest BCUT2D eigenvalue weighted by molar-refractivity contribution is -0.138. The fourth-order valence-electron chi connectivity index (χ4n) is 4.71. The molecule has 2 aliphatic heterocycles. The molecule has 0 bridgehead atoms. The number of nitrogens with one attached hydrogen (secondary N) is 1. The van der Waals surface area contributed by atoms with Crippen LogP contribution in [0.25, 0.3) is 0 Å². The van der Waals surface area contributed by atoms with Crippen LogP contribution in [0, 0.1) is 5.82 Å². The molecule has 1 spiro atoms. The molecule has 158 valence electrons. The van der Waals surface area contributed by atoms with Gasteiger partial charge in [0.25, 0.3) is 0 Å². The van der Waals surface area contributed by atoms with Gasteiger partial charge in [0.2, 0.25) is 11.8 Å². The molecular formula is C24H28FN3O2. The lowest BCUT2D eigenvalue weighted by Crippen LogP contribution is -2.59. The van der Waals surface area contributed by atoms with Crippen molar-refractivity contribution in [2.24, 2.45) is 0 Å². The van der Waals surface area contributed by atoms with E-state index >= 15 is 0 Å². The van der Waals surface area contributed by atoms with Crippen molar-refractivity contribution in [1.29, 1.82) is 0 Å². The standard InChI is InChI=1S/C24H28FN3O2/c1-2-20(18-8-4-3-5-9-18)23(30)27-14-12-24(13-15-27)26-16-22(29)28(24)17-19-10-6-7-11-21(19)25/h3-11,20,26H,2,12-17H2,1H3. The van der Waals surface area contributed by atoms with E-state index in [1.807, 2.05) is 42.2 Å². The second-order valence-electron chi connectivity index (χ2n) is 8.15. The van der Waals surface area contributed by atoms with Crippen LogP contribution in [0.2, 0.25) is 0 Å². The molecule has 2 fully saturated rings. The minimum absolute atomic E-state index is 0.0197. The molecule has 0 aliphatic carbocycles. The highest BCUT2D eigenvalue weighted by molar-refractivity contribution is 5.84. The van der Waals surface area contributed by atoms with Crippen molar-refractivity contribution in [2.75, 3.05) is 19.6 Å². The molecule has 1 N–H and O–H groups in total. The first kappa shape index (κ1) is 20.5. The number of nitrogens with zero attached hydrogens (tertiary/aromatic N) is 2. The van der Waals surface area contributed by atoms with E-state index in [-0.39, 0.29) is 36.6 Å². The van der Waals surface area contributed by atoms with Crippen molar-refractivity contribution in [3.63, 3.8) is 0 Å². The van der Waals surface area contributed by atoms with Gasteiger partial charge in [0.1, 0.15) is 5.82 Å². The van der Waals surface area contributed by atoms with Gasteiger partial charge in [0.15, 0.2) is 0 Å². The van der Waals surface area contributed by atoms with Gasteiger partial charge in [-0.1, -0.05) is 55.5 Å². The number of benzene rings is 2. The maximum Gasteiger partial charge on any atom is 0.238 e. The van der Waals surface area contributed by atoms with Crippen LogP contribution < -0.4 is 5.32 Å². The first-order valence-electron chi connectivity index (χ1n) is 10.7. The van der Waals surface area contributed by atoms with E-state index in [0.717, 1.165) is 12.0 Å². The average molecular weight is 410 g/mol. The van der Waals surface area contributed by atoms with Crippen molar-refractivity contribution in [3.8, 4) is 0 Å². The second-order valence-corrected chi connectivity index (χ2v) is 8.15. The highest BCUT2D eigenvalue weighted by Gasteiger charge is 2.47. The van der Waals surface area contributed by atoms with E-state index in [2.05, 4.69) is 5.32 Å². The smallest absolute Gasteiger partial charge is 0.238 e. The average Bonchev–Trinajstić information content (AvgIpc) is 3.06. The lowest BCUT2D eigenvalue weighted by atomic mass is 9.91. The molecule has 0 aromatic heterocycles. The van der Waals surface area contributed by atoms with E-state index in [1.54, 1.807) is 23.1 Å². The number of carbonyl (C=O) groups is 2. The Labute approximate surface area is 176 Å². The molecular weight excluding hydrogens is 381 g/mol. The van der Waals surface area contributed by atoms with Gasteiger partial charge in [-0.25, -0.2) is 4.39 Å². The van der Waals surface area contributed by atoms with Gasteiger partial charge in [0, 0.05) is 31.5 Å². The van der Waals surface area contributed by atoms with E-state index in [0.29, 0.717) is 31.5 Å². The molecule has 1 atom stereocenters. The van der Waals surface area contributed by atoms with Gasteiger partial charge in [0.05, 0.1) is 24.7 Å². The summed E-state index contributed by atoms with van der Waals surface area (Å²) in [5, 5.41) is 3.36. The van der Waals surface area contributed by atoms with Crippen molar-refractivity contribution in [2.45, 2.75) is 44.3 Å². The quantitative estimate of drug-likeness (QED) is 0.825. The van der Waals surface area contributed by atoms with Crippen molar-refractivity contribution in [3.05, 3.63) is 71.5 Å². The zero-order valence-corrected chi connectivity index (χ0v) is 17.3. The van der Waals surface area contributed by atoms with Crippen LogP contribution in [0.3, 0.4) is 0 Å². The molecule has 0 radical (unpaired) electrons. The molecule has 2 aromatic carbocycles. The van der Waals surface area contributed by atoms with Gasteiger partial charge < -0.3 is 9.80 Å². The molecule has 2 aromatic rings. The Kier molecular flexibility index (Phi) is 5.86. The zero-order chi connectivity index (χ0) is 21.1. The summed E-state index contributed by atoms with van der Waals surface area (Å²) in [6.45, 7) is 3.69. The number of likely N-dealkylation sites (tertiary alicyclic amines) is 1. The van der Waals surface area contributed by atoms with Crippen LogP contribution in [0.1, 0.15) is 43.2 Å². The maximum atomic E-state index is 14.2. The van der Waals surface area contributed by atoms with Gasteiger partial charge in [-0.15, -0.1) is 0 Å². The third-order valence-corrected chi connectivity index (χ3v) is 6.48. The topological polar surface area (TPSA) is 52.7 Å². The maximum absolute atomic E-state index is 14.2. The van der Waals surface area contributed by atoms with E-state index in [4.69, 9.17) is 0 Å². The Balaban J connectivity index is 1.46. The number of carbonyl (C=O) groups excluding carboxylic acids is 2. The van der Waals surface area contributed by atoms with Gasteiger partial charge in [-0.05, 0) is 18.1 Å². The number of hydrogen-bond donors (Lipinski definition) is 1. The molecule has 2 heterocycles. The zero-order valence-electron chi connectivity index (χ0n) is 17.3. The normalized spacial score (nSPS) is 19.3. The van der Waals surface area contributed by atoms with Crippen LogP contribution in [0.5, 0.6) is 0 Å². The predicted octanol–water partition coefficient (Wildman–Crippen LogP) is 3.27. The van der Waals surface area contributed by atoms with Crippen LogP contribution >= 0.6 is 0 Å². The molecule has 2 amide bonds. The number of amides is 2. The number of piperidine rings is 1.